The maximum Gasteiger partial charge on any atom is 0.494 e. The van der Waals surface area contributed by atoms with Crippen molar-refractivity contribution in [3.8, 4) is 0 Å². The Balaban J connectivity index is 1.67. The fraction of sp³-hybridized carbons (Fsp3) is 0.667. The van der Waals surface area contributed by atoms with Gasteiger partial charge >= 0.3 is 7.12 Å². The van der Waals surface area contributed by atoms with Crippen molar-refractivity contribution in [2.45, 2.75) is 77.2 Å². The summed E-state index contributed by atoms with van der Waals surface area (Å²) in [4.78, 5) is 0. The average molecular weight is 319 g/mol. The highest BCUT2D eigenvalue weighted by Crippen LogP contribution is 2.36. The van der Waals surface area contributed by atoms with E-state index in [0.717, 1.165) is 5.46 Å². The summed E-state index contributed by atoms with van der Waals surface area (Å²) >= 11 is 0. The summed E-state index contributed by atoms with van der Waals surface area (Å²) in [5, 5.41) is 3.45. The number of halogens is 1. The van der Waals surface area contributed by atoms with Gasteiger partial charge < -0.3 is 14.6 Å². The first kappa shape index (κ1) is 16.9. The van der Waals surface area contributed by atoms with Crippen LogP contribution in [0, 0.1) is 5.82 Å². The zero-order chi connectivity index (χ0) is 16.7. The topological polar surface area (TPSA) is 30.5 Å². The Hall–Kier alpha value is -0.905. The lowest BCUT2D eigenvalue weighted by molar-refractivity contribution is 0.00578. The minimum atomic E-state index is -0.508. The molecule has 23 heavy (non-hydrogen) atoms. The second kappa shape index (κ2) is 6.19. The van der Waals surface area contributed by atoms with E-state index >= 15 is 0 Å². The normalized spacial score (nSPS) is 23.6. The van der Waals surface area contributed by atoms with Crippen molar-refractivity contribution in [2.75, 3.05) is 0 Å². The Kier molecular flexibility index (Phi) is 4.56. The minimum Gasteiger partial charge on any atom is -0.399 e. The summed E-state index contributed by atoms with van der Waals surface area (Å²) < 4.78 is 26.4. The van der Waals surface area contributed by atoms with Crippen LogP contribution in [-0.4, -0.2) is 24.4 Å². The zero-order valence-corrected chi connectivity index (χ0v) is 14.6. The summed E-state index contributed by atoms with van der Waals surface area (Å²) in [6.45, 7) is 8.60. The van der Waals surface area contributed by atoms with E-state index in [-0.39, 0.29) is 5.82 Å². The summed E-state index contributed by atoms with van der Waals surface area (Å²) in [7, 11) is -0.508. The van der Waals surface area contributed by atoms with Gasteiger partial charge in [0.05, 0.1) is 11.2 Å². The summed E-state index contributed by atoms with van der Waals surface area (Å²) in [5.41, 5.74) is 0.635. The van der Waals surface area contributed by atoms with Gasteiger partial charge in [0.1, 0.15) is 5.82 Å². The van der Waals surface area contributed by atoms with Gasteiger partial charge in [0.15, 0.2) is 0 Å². The molecule has 0 bridgehead atoms. The van der Waals surface area contributed by atoms with Crippen molar-refractivity contribution in [3.63, 3.8) is 0 Å². The quantitative estimate of drug-likeness (QED) is 0.865. The summed E-state index contributed by atoms with van der Waals surface area (Å²) in [6, 6.07) is 5.85. The highest BCUT2D eigenvalue weighted by Gasteiger charge is 2.51. The third-order valence-corrected chi connectivity index (χ3v) is 5.54. The smallest absolute Gasteiger partial charge is 0.399 e. The highest BCUT2D eigenvalue weighted by molar-refractivity contribution is 6.62. The van der Waals surface area contributed by atoms with Gasteiger partial charge in [0.2, 0.25) is 0 Å². The second-order valence-corrected chi connectivity index (χ2v) is 7.80. The number of nitrogens with one attached hydrogen (secondary N) is 1. The lowest BCUT2D eigenvalue weighted by Gasteiger charge is -2.32. The summed E-state index contributed by atoms with van der Waals surface area (Å²) in [5.74, 6) is -0.192. The highest BCUT2D eigenvalue weighted by atomic mass is 19.1. The van der Waals surface area contributed by atoms with Crippen LogP contribution in [0.3, 0.4) is 0 Å². The lowest BCUT2D eigenvalue weighted by Crippen LogP contribution is -2.41. The van der Waals surface area contributed by atoms with Crippen LogP contribution in [-0.2, 0) is 15.9 Å². The van der Waals surface area contributed by atoms with Gasteiger partial charge in [-0.25, -0.2) is 4.39 Å². The Bertz CT molecular complexity index is 554. The molecule has 1 saturated carbocycles. The predicted molar refractivity (Wildman–Crippen MR) is 91.2 cm³/mol. The molecule has 2 fully saturated rings. The monoisotopic (exact) mass is 319 g/mol. The Morgan fingerprint density at radius 3 is 2.30 bits per heavy atom. The number of hydrogen-bond acceptors (Lipinski definition) is 3. The SMILES string of the molecule is CC1(C)OB(c2ccc(CNC3CCCC3)c(F)c2)OC1(C)C. The van der Waals surface area contributed by atoms with Crippen molar-refractivity contribution in [3.05, 3.63) is 29.6 Å². The van der Waals surface area contributed by atoms with E-state index in [4.69, 9.17) is 9.31 Å². The fourth-order valence-corrected chi connectivity index (χ4v) is 3.22. The number of hydrogen-bond donors (Lipinski definition) is 1. The molecule has 5 heteroatoms. The third-order valence-electron chi connectivity index (χ3n) is 5.54. The van der Waals surface area contributed by atoms with Crippen molar-refractivity contribution < 1.29 is 13.7 Å². The van der Waals surface area contributed by atoms with Gasteiger partial charge in [-0.1, -0.05) is 25.0 Å². The molecule has 0 amide bonds. The molecule has 0 unspecified atom stereocenters. The van der Waals surface area contributed by atoms with Gasteiger partial charge in [-0.2, -0.15) is 0 Å². The van der Waals surface area contributed by atoms with E-state index < -0.39 is 18.3 Å². The van der Waals surface area contributed by atoms with Gasteiger partial charge in [-0.15, -0.1) is 0 Å². The van der Waals surface area contributed by atoms with Crippen LogP contribution >= 0.6 is 0 Å². The van der Waals surface area contributed by atoms with Crippen LogP contribution in [0.4, 0.5) is 4.39 Å². The molecular formula is C18H27BFNO2. The van der Waals surface area contributed by atoms with Crippen LogP contribution < -0.4 is 10.8 Å². The molecule has 0 spiro atoms. The molecule has 1 aromatic carbocycles. The lowest BCUT2D eigenvalue weighted by atomic mass is 9.78. The average Bonchev–Trinajstić information content (AvgIpc) is 3.04. The zero-order valence-electron chi connectivity index (χ0n) is 14.6. The number of rotatable bonds is 4. The van der Waals surface area contributed by atoms with Crippen LogP contribution in [0.1, 0.15) is 58.9 Å². The van der Waals surface area contributed by atoms with Crippen LogP contribution in [0.2, 0.25) is 0 Å². The molecule has 1 N–H and O–H groups in total. The predicted octanol–water partition coefficient (Wildman–Crippen LogP) is 3.16. The van der Waals surface area contributed by atoms with E-state index in [1.165, 1.54) is 25.7 Å². The van der Waals surface area contributed by atoms with Crippen molar-refractivity contribution in [1.82, 2.24) is 5.32 Å². The first-order valence-electron chi connectivity index (χ1n) is 8.66. The van der Waals surface area contributed by atoms with Crippen LogP contribution in [0.5, 0.6) is 0 Å². The largest absolute Gasteiger partial charge is 0.494 e. The van der Waals surface area contributed by atoms with E-state index in [1.54, 1.807) is 6.07 Å². The Morgan fingerprint density at radius 1 is 1.13 bits per heavy atom. The van der Waals surface area contributed by atoms with Gasteiger partial charge in [-0.3, -0.25) is 0 Å². The van der Waals surface area contributed by atoms with Crippen molar-refractivity contribution >= 4 is 12.6 Å². The molecule has 1 heterocycles. The molecule has 1 aliphatic carbocycles. The first-order valence-corrected chi connectivity index (χ1v) is 8.66. The van der Waals surface area contributed by atoms with Gasteiger partial charge in [-0.05, 0) is 52.1 Å². The van der Waals surface area contributed by atoms with E-state index in [9.17, 15) is 4.39 Å². The van der Waals surface area contributed by atoms with Crippen LogP contribution in [0.15, 0.2) is 18.2 Å². The molecule has 1 aliphatic heterocycles. The molecule has 0 aromatic heterocycles. The van der Waals surface area contributed by atoms with Crippen molar-refractivity contribution in [1.29, 1.82) is 0 Å². The molecule has 3 rings (SSSR count). The number of benzene rings is 1. The van der Waals surface area contributed by atoms with E-state index in [1.807, 2.05) is 39.8 Å². The van der Waals surface area contributed by atoms with Gasteiger partial charge in [0.25, 0.3) is 0 Å². The Labute approximate surface area is 139 Å². The molecule has 2 aliphatic rings. The van der Waals surface area contributed by atoms with E-state index in [2.05, 4.69) is 5.32 Å². The molecular weight excluding hydrogens is 292 g/mol. The standard InChI is InChI=1S/C18H27BFNO2/c1-17(2)18(3,4)23-19(22-17)14-10-9-13(16(20)11-14)12-21-15-7-5-6-8-15/h9-11,15,21H,5-8,12H2,1-4H3. The molecule has 3 nitrogen and oxygen atoms in total. The van der Waals surface area contributed by atoms with Crippen molar-refractivity contribution in [2.24, 2.45) is 0 Å². The third kappa shape index (κ3) is 3.47. The van der Waals surface area contributed by atoms with Gasteiger partial charge in [0, 0.05) is 18.2 Å². The maximum absolute atomic E-state index is 14.4. The maximum atomic E-state index is 14.4. The van der Waals surface area contributed by atoms with Crippen LogP contribution in [0.25, 0.3) is 0 Å². The second-order valence-electron chi connectivity index (χ2n) is 7.80. The summed E-state index contributed by atoms with van der Waals surface area (Å²) in [6.07, 6.45) is 4.96. The molecule has 1 saturated heterocycles. The Morgan fingerprint density at radius 2 is 1.74 bits per heavy atom. The first-order chi connectivity index (χ1) is 10.8. The molecule has 0 radical (unpaired) electrons. The molecule has 1 aromatic rings. The molecule has 126 valence electrons. The minimum absolute atomic E-state index is 0.192. The van der Waals surface area contributed by atoms with E-state index in [0.29, 0.717) is 18.2 Å². The molecule has 0 atom stereocenters. The fourth-order valence-electron chi connectivity index (χ4n) is 3.22.